The van der Waals surface area contributed by atoms with Crippen molar-refractivity contribution in [2.45, 2.75) is 13.5 Å². The van der Waals surface area contributed by atoms with Gasteiger partial charge >= 0.3 is 6.09 Å². The van der Waals surface area contributed by atoms with E-state index in [0.717, 1.165) is 30.2 Å². The van der Waals surface area contributed by atoms with Crippen molar-refractivity contribution in [3.8, 4) is 0 Å². The summed E-state index contributed by atoms with van der Waals surface area (Å²) in [7, 11) is 0. The summed E-state index contributed by atoms with van der Waals surface area (Å²) in [4.78, 5) is 35.1. The number of benzene rings is 2. The topological polar surface area (TPSA) is 118 Å². The third-order valence-electron chi connectivity index (χ3n) is 5.21. The van der Waals surface area contributed by atoms with E-state index in [1.165, 1.54) is 0 Å². The highest BCUT2D eigenvalue weighted by molar-refractivity contribution is 5.94. The molecule has 0 atom stereocenters. The molecule has 3 aromatic rings. The van der Waals surface area contributed by atoms with Crippen LogP contribution in [0.15, 0.2) is 60.7 Å². The lowest BCUT2D eigenvalue weighted by Gasteiger charge is -2.28. The molecule has 0 aliphatic carbocycles. The van der Waals surface area contributed by atoms with E-state index in [1.54, 1.807) is 12.1 Å². The van der Waals surface area contributed by atoms with E-state index in [2.05, 4.69) is 30.8 Å². The summed E-state index contributed by atoms with van der Waals surface area (Å²) in [6, 6.07) is 18.4. The van der Waals surface area contributed by atoms with Gasteiger partial charge in [0.1, 0.15) is 30.6 Å². The van der Waals surface area contributed by atoms with Crippen LogP contribution in [-0.2, 0) is 20.9 Å². The van der Waals surface area contributed by atoms with Gasteiger partial charge in [-0.2, -0.15) is 0 Å². The van der Waals surface area contributed by atoms with Gasteiger partial charge in [-0.3, -0.25) is 4.79 Å². The van der Waals surface area contributed by atoms with E-state index in [-0.39, 0.29) is 19.1 Å². The van der Waals surface area contributed by atoms with Gasteiger partial charge < -0.3 is 30.3 Å². The lowest BCUT2D eigenvalue weighted by Crippen LogP contribution is -2.36. The van der Waals surface area contributed by atoms with Gasteiger partial charge in [0, 0.05) is 30.5 Å². The fraction of sp³-hybridized carbons (Fsp3) is 0.280. The summed E-state index contributed by atoms with van der Waals surface area (Å²) in [5.74, 6) is 1.87. The predicted molar refractivity (Wildman–Crippen MR) is 133 cm³/mol. The largest absolute Gasteiger partial charge is 0.445 e. The number of anilines is 4. The highest BCUT2D eigenvalue weighted by Gasteiger charge is 2.14. The standard InChI is InChI=1S/C25H28N6O4/c1-18-27-22(15-23(28-18)31-11-13-34-14-12-31)29-20-7-9-21(10-8-20)30-24(32)16-26-25(33)35-17-19-5-3-2-4-6-19/h2-10,15H,11-14,16-17H2,1H3,(H,26,33)(H,30,32)(H,27,28,29). The van der Waals surface area contributed by atoms with E-state index in [9.17, 15) is 9.59 Å². The molecule has 0 bridgehead atoms. The number of ether oxygens (including phenoxy) is 2. The molecule has 2 heterocycles. The molecule has 1 fully saturated rings. The fourth-order valence-corrected chi connectivity index (χ4v) is 3.49. The lowest BCUT2D eigenvalue weighted by molar-refractivity contribution is -0.115. The van der Waals surface area contributed by atoms with E-state index < -0.39 is 6.09 Å². The van der Waals surface area contributed by atoms with E-state index >= 15 is 0 Å². The number of carbonyl (C=O) groups excluding carboxylic acids is 2. The van der Waals surface area contributed by atoms with Crippen LogP contribution in [0.25, 0.3) is 0 Å². The zero-order valence-corrected chi connectivity index (χ0v) is 19.5. The first-order valence-corrected chi connectivity index (χ1v) is 11.3. The van der Waals surface area contributed by atoms with Crippen LogP contribution < -0.4 is 20.9 Å². The third kappa shape index (κ3) is 7.41. The second-order valence-corrected chi connectivity index (χ2v) is 7.92. The van der Waals surface area contributed by atoms with Crippen molar-refractivity contribution >= 4 is 35.0 Å². The first-order valence-electron chi connectivity index (χ1n) is 11.3. The number of aromatic nitrogens is 2. The van der Waals surface area contributed by atoms with Crippen molar-refractivity contribution in [1.82, 2.24) is 15.3 Å². The Balaban J connectivity index is 1.24. The summed E-state index contributed by atoms with van der Waals surface area (Å²) in [6.07, 6.45) is -0.653. The summed E-state index contributed by atoms with van der Waals surface area (Å²) < 4.78 is 10.5. The minimum absolute atomic E-state index is 0.141. The van der Waals surface area contributed by atoms with E-state index in [0.29, 0.717) is 30.5 Å². The molecule has 10 heteroatoms. The number of hydrogen-bond acceptors (Lipinski definition) is 8. The molecule has 2 amide bonds. The highest BCUT2D eigenvalue weighted by Crippen LogP contribution is 2.22. The minimum atomic E-state index is -0.653. The van der Waals surface area contributed by atoms with Gasteiger partial charge in [-0.25, -0.2) is 14.8 Å². The summed E-state index contributed by atoms with van der Waals surface area (Å²) >= 11 is 0. The number of rotatable bonds is 8. The molecule has 0 spiro atoms. The molecule has 2 aromatic carbocycles. The summed E-state index contributed by atoms with van der Waals surface area (Å²) in [5, 5.41) is 8.46. The SMILES string of the molecule is Cc1nc(Nc2ccc(NC(=O)CNC(=O)OCc3ccccc3)cc2)cc(N2CCOCC2)n1. The average molecular weight is 477 g/mol. The molecule has 0 unspecified atom stereocenters. The highest BCUT2D eigenvalue weighted by atomic mass is 16.5. The van der Waals surface area contributed by atoms with Crippen molar-refractivity contribution in [3.63, 3.8) is 0 Å². The maximum absolute atomic E-state index is 12.2. The van der Waals surface area contributed by atoms with E-state index in [4.69, 9.17) is 9.47 Å². The van der Waals surface area contributed by atoms with Crippen molar-refractivity contribution in [2.75, 3.05) is 48.4 Å². The Morgan fingerprint density at radius 1 is 1.00 bits per heavy atom. The van der Waals surface area contributed by atoms with Gasteiger partial charge in [0.2, 0.25) is 5.91 Å². The Labute approximate surface area is 203 Å². The number of morpholine rings is 1. The smallest absolute Gasteiger partial charge is 0.407 e. The van der Waals surface area contributed by atoms with Crippen molar-refractivity contribution < 1.29 is 19.1 Å². The zero-order valence-electron chi connectivity index (χ0n) is 19.5. The zero-order chi connectivity index (χ0) is 24.5. The van der Waals surface area contributed by atoms with Gasteiger partial charge in [0.25, 0.3) is 0 Å². The minimum Gasteiger partial charge on any atom is -0.445 e. The molecule has 0 radical (unpaired) electrons. The first-order chi connectivity index (χ1) is 17.0. The average Bonchev–Trinajstić information content (AvgIpc) is 2.88. The molecule has 1 aliphatic rings. The van der Waals surface area contributed by atoms with Gasteiger partial charge in [0.05, 0.1) is 13.2 Å². The normalized spacial score (nSPS) is 13.1. The van der Waals surface area contributed by atoms with Crippen molar-refractivity contribution in [3.05, 3.63) is 72.1 Å². The Morgan fingerprint density at radius 3 is 2.46 bits per heavy atom. The van der Waals surface area contributed by atoms with E-state index in [1.807, 2.05) is 55.5 Å². The number of nitrogens with one attached hydrogen (secondary N) is 3. The molecule has 1 saturated heterocycles. The predicted octanol–water partition coefficient (Wildman–Crippen LogP) is 3.23. The quantitative estimate of drug-likeness (QED) is 0.454. The molecule has 182 valence electrons. The summed E-state index contributed by atoms with van der Waals surface area (Å²) in [5.41, 5.74) is 2.29. The van der Waals surface area contributed by atoms with Crippen LogP contribution in [0.3, 0.4) is 0 Å². The van der Waals surface area contributed by atoms with Gasteiger partial charge in [0.15, 0.2) is 0 Å². The number of nitrogens with zero attached hydrogens (tertiary/aromatic N) is 3. The summed E-state index contributed by atoms with van der Waals surface area (Å²) in [6.45, 7) is 4.76. The van der Waals surface area contributed by atoms with Gasteiger partial charge in [-0.15, -0.1) is 0 Å². The first kappa shape index (κ1) is 24.0. The Morgan fingerprint density at radius 2 is 1.71 bits per heavy atom. The number of carbonyl (C=O) groups is 2. The fourth-order valence-electron chi connectivity index (χ4n) is 3.49. The monoisotopic (exact) mass is 476 g/mol. The molecule has 10 nitrogen and oxygen atoms in total. The number of alkyl carbamates (subject to hydrolysis) is 1. The van der Waals surface area contributed by atoms with Crippen LogP contribution >= 0.6 is 0 Å². The maximum atomic E-state index is 12.2. The number of amides is 2. The molecule has 35 heavy (non-hydrogen) atoms. The van der Waals surface area contributed by atoms with Crippen molar-refractivity contribution in [2.24, 2.45) is 0 Å². The van der Waals surface area contributed by atoms with Crippen LogP contribution in [0.1, 0.15) is 11.4 Å². The van der Waals surface area contributed by atoms with Crippen LogP contribution in [-0.4, -0.2) is 54.8 Å². The van der Waals surface area contributed by atoms with Gasteiger partial charge in [-0.1, -0.05) is 30.3 Å². The molecular weight excluding hydrogens is 448 g/mol. The second kappa shape index (κ2) is 11.8. The molecule has 4 rings (SSSR count). The molecule has 0 saturated carbocycles. The maximum Gasteiger partial charge on any atom is 0.407 e. The third-order valence-corrected chi connectivity index (χ3v) is 5.21. The number of aryl methyl sites for hydroxylation is 1. The van der Waals surface area contributed by atoms with Crippen LogP contribution in [0, 0.1) is 6.92 Å². The second-order valence-electron chi connectivity index (χ2n) is 7.92. The van der Waals surface area contributed by atoms with Crippen molar-refractivity contribution in [1.29, 1.82) is 0 Å². The Bertz CT molecular complexity index is 1130. The molecule has 3 N–H and O–H groups in total. The number of hydrogen-bond donors (Lipinski definition) is 3. The van der Waals surface area contributed by atoms with Crippen LogP contribution in [0.5, 0.6) is 0 Å². The van der Waals surface area contributed by atoms with Gasteiger partial charge in [-0.05, 0) is 36.8 Å². The molecule has 1 aromatic heterocycles. The lowest BCUT2D eigenvalue weighted by atomic mass is 10.2. The Hall–Kier alpha value is -4.18. The molecular formula is C25H28N6O4. The molecule has 1 aliphatic heterocycles. The Kier molecular flexibility index (Phi) is 8.08. The van der Waals surface area contributed by atoms with Crippen LogP contribution in [0.2, 0.25) is 0 Å². The van der Waals surface area contributed by atoms with Crippen LogP contribution in [0.4, 0.5) is 27.8 Å².